The van der Waals surface area contributed by atoms with Crippen molar-refractivity contribution in [2.45, 2.75) is 12.5 Å². The van der Waals surface area contributed by atoms with E-state index in [1.165, 1.54) is 18.2 Å². The molecule has 5 rings (SSSR count). The van der Waals surface area contributed by atoms with Gasteiger partial charge in [0.25, 0.3) is 0 Å². The third kappa shape index (κ3) is 3.32. The van der Waals surface area contributed by atoms with Gasteiger partial charge in [0.05, 0.1) is 23.1 Å². The van der Waals surface area contributed by atoms with Crippen molar-refractivity contribution in [1.82, 2.24) is 4.98 Å². The van der Waals surface area contributed by atoms with E-state index in [1.807, 2.05) is 24.3 Å². The van der Waals surface area contributed by atoms with Gasteiger partial charge in [-0.1, -0.05) is 42.5 Å². The lowest BCUT2D eigenvalue weighted by Crippen LogP contribution is -2.22. The SMILES string of the molecule is O=C(O)c1cccc(-c2c3c(nc4ccccc24)O[C@@H](c2ccc(F)cc2)CC3=O)c1. The van der Waals surface area contributed by atoms with Crippen molar-refractivity contribution in [3.8, 4) is 17.0 Å². The number of ether oxygens (including phenoxy) is 1. The van der Waals surface area contributed by atoms with Gasteiger partial charge in [-0.25, -0.2) is 14.2 Å². The molecule has 0 bridgehead atoms. The maximum atomic E-state index is 13.3. The minimum absolute atomic E-state index is 0.0737. The van der Waals surface area contributed by atoms with Crippen LogP contribution in [0.4, 0.5) is 4.39 Å². The predicted octanol–water partition coefficient (Wildman–Crippen LogP) is 5.45. The van der Waals surface area contributed by atoms with E-state index in [4.69, 9.17) is 4.74 Å². The van der Waals surface area contributed by atoms with Crippen LogP contribution in [-0.4, -0.2) is 21.8 Å². The van der Waals surface area contributed by atoms with Gasteiger partial charge in [-0.2, -0.15) is 0 Å². The van der Waals surface area contributed by atoms with Crippen LogP contribution in [0.1, 0.15) is 38.8 Å². The summed E-state index contributed by atoms with van der Waals surface area (Å²) in [7, 11) is 0. The van der Waals surface area contributed by atoms with Crippen molar-refractivity contribution in [2.24, 2.45) is 0 Å². The van der Waals surface area contributed by atoms with E-state index < -0.39 is 12.1 Å². The Bertz CT molecular complexity index is 1350. The largest absolute Gasteiger partial charge is 0.478 e. The lowest BCUT2D eigenvalue weighted by molar-refractivity contribution is 0.0696. The van der Waals surface area contributed by atoms with E-state index in [9.17, 15) is 19.1 Å². The Kier molecular flexibility index (Phi) is 4.47. The van der Waals surface area contributed by atoms with Crippen LogP contribution in [-0.2, 0) is 0 Å². The molecule has 0 aliphatic carbocycles. The van der Waals surface area contributed by atoms with Crippen LogP contribution in [0.25, 0.3) is 22.0 Å². The molecule has 1 aromatic heterocycles. The highest BCUT2D eigenvalue weighted by molar-refractivity contribution is 6.12. The van der Waals surface area contributed by atoms with Crippen LogP contribution < -0.4 is 4.74 Å². The van der Waals surface area contributed by atoms with Crippen molar-refractivity contribution >= 4 is 22.7 Å². The second-order valence-electron chi connectivity index (χ2n) is 7.36. The Balaban J connectivity index is 1.72. The third-order valence-electron chi connectivity index (χ3n) is 5.40. The number of ketones is 1. The van der Waals surface area contributed by atoms with Crippen LogP contribution in [0.2, 0.25) is 0 Å². The molecule has 6 heteroatoms. The molecule has 0 unspecified atom stereocenters. The fourth-order valence-electron chi connectivity index (χ4n) is 3.95. The number of carboxylic acid groups (broad SMARTS) is 1. The van der Waals surface area contributed by atoms with E-state index >= 15 is 0 Å². The van der Waals surface area contributed by atoms with Gasteiger partial charge in [0.15, 0.2) is 5.78 Å². The summed E-state index contributed by atoms with van der Waals surface area (Å²) in [6, 6.07) is 19.7. The molecule has 3 aromatic carbocycles. The molecule has 1 aliphatic heterocycles. The number of carbonyl (C=O) groups excluding carboxylic acids is 1. The van der Waals surface area contributed by atoms with Gasteiger partial charge in [-0.3, -0.25) is 4.79 Å². The number of Topliss-reactive ketones (excluding diaryl/α,β-unsaturated/α-hetero) is 1. The molecule has 1 aliphatic rings. The van der Waals surface area contributed by atoms with E-state index in [1.54, 1.807) is 30.3 Å². The molecule has 1 N–H and O–H groups in total. The van der Waals surface area contributed by atoms with Crippen LogP contribution in [0.3, 0.4) is 0 Å². The van der Waals surface area contributed by atoms with Gasteiger partial charge >= 0.3 is 5.97 Å². The minimum Gasteiger partial charge on any atom is -0.478 e. The number of rotatable bonds is 3. The number of halogens is 1. The van der Waals surface area contributed by atoms with E-state index in [0.717, 1.165) is 5.39 Å². The van der Waals surface area contributed by atoms with Crippen LogP contribution in [0.5, 0.6) is 5.88 Å². The maximum Gasteiger partial charge on any atom is 0.335 e. The number of nitrogens with zero attached hydrogens (tertiary/aromatic N) is 1. The van der Waals surface area contributed by atoms with E-state index in [-0.39, 0.29) is 29.5 Å². The number of hydrogen-bond acceptors (Lipinski definition) is 4. The van der Waals surface area contributed by atoms with Crippen LogP contribution >= 0.6 is 0 Å². The standard InChI is InChI=1S/C25H16FNO4/c26-17-10-8-14(9-11-17)21-13-20(28)23-22(15-4-3-5-16(12-15)25(29)30)18-6-1-2-7-19(18)27-24(23)31-21/h1-12,21H,13H2,(H,29,30)/t21-/m1/s1. The van der Waals surface area contributed by atoms with Crippen molar-refractivity contribution in [1.29, 1.82) is 0 Å². The van der Waals surface area contributed by atoms with Crippen molar-refractivity contribution in [3.63, 3.8) is 0 Å². The summed E-state index contributed by atoms with van der Waals surface area (Å²) in [4.78, 5) is 29.3. The third-order valence-corrected chi connectivity index (χ3v) is 5.40. The molecular formula is C25H16FNO4. The van der Waals surface area contributed by atoms with Gasteiger partial charge in [0.2, 0.25) is 5.88 Å². The zero-order chi connectivity index (χ0) is 21.5. The highest BCUT2D eigenvalue weighted by Crippen LogP contribution is 2.42. The Morgan fingerprint density at radius 1 is 1.00 bits per heavy atom. The zero-order valence-corrected chi connectivity index (χ0v) is 16.2. The monoisotopic (exact) mass is 413 g/mol. The average Bonchev–Trinajstić information content (AvgIpc) is 2.78. The van der Waals surface area contributed by atoms with Crippen molar-refractivity contribution < 1.29 is 23.8 Å². The Morgan fingerprint density at radius 2 is 1.77 bits per heavy atom. The molecule has 4 aromatic rings. The summed E-state index contributed by atoms with van der Waals surface area (Å²) < 4.78 is 19.4. The number of fused-ring (bicyclic) bond motifs is 2. The van der Waals surface area contributed by atoms with Crippen LogP contribution in [0, 0.1) is 5.82 Å². The quantitative estimate of drug-likeness (QED) is 0.484. The summed E-state index contributed by atoms with van der Waals surface area (Å²) in [6.07, 6.45) is -0.503. The first-order chi connectivity index (χ1) is 15.0. The molecular weight excluding hydrogens is 397 g/mol. The highest BCUT2D eigenvalue weighted by atomic mass is 19.1. The van der Waals surface area contributed by atoms with Gasteiger partial charge in [-0.05, 0) is 41.5 Å². The fraction of sp³-hybridized carbons (Fsp3) is 0.0800. The molecule has 0 fully saturated rings. The highest BCUT2D eigenvalue weighted by Gasteiger charge is 2.33. The number of hydrogen-bond donors (Lipinski definition) is 1. The van der Waals surface area contributed by atoms with Gasteiger partial charge in [-0.15, -0.1) is 0 Å². The van der Waals surface area contributed by atoms with Crippen LogP contribution in [0.15, 0.2) is 72.8 Å². The first-order valence-corrected chi connectivity index (χ1v) is 9.73. The second kappa shape index (κ2) is 7.32. The summed E-state index contributed by atoms with van der Waals surface area (Å²) in [5.74, 6) is -1.38. The number of aromatic carboxylic acids is 1. The number of carbonyl (C=O) groups is 2. The average molecular weight is 413 g/mol. The molecule has 1 atom stereocenters. The fourth-order valence-corrected chi connectivity index (χ4v) is 3.95. The lowest BCUT2D eigenvalue weighted by atomic mass is 9.89. The molecule has 2 heterocycles. The van der Waals surface area contributed by atoms with Gasteiger partial charge < -0.3 is 9.84 Å². The number of pyridine rings is 1. The summed E-state index contributed by atoms with van der Waals surface area (Å²) in [6.45, 7) is 0. The molecule has 0 amide bonds. The number of para-hydroxylation sites is 1. The predicted molar refractivity (Wildman–Crippen MR) is 113 cm³/mol. The zero-order valence-electron chi connectivity index (χ0n) is 16.2. The Labute approximate surface area is 176 Å². The molecule has 31 heavy (non-hydrogen) atoms. The molecule has 0 saturated carbocycles. The summed E-state index contributed by atoms with van der Waals surface area (Å²) >= 11 is 0. The number of carboxylic acids is 1. The molecule has 0 spiro atoms. The van der Waals surface area contributed by atoms with E-state index in [2.05, 4.69) is 4.98 Å². The first kappa shape index (κ1) is 18.9. The molecule has 0 saturated heterocycles. The Hall–Kier alpha value is -4.06. The van der Waals surface area contributed by atoms with Gasteiger partial charge in [0, 0.05) is 10.9 Å². The van der Waals surface area contributed by atoms with Gasteiger partial charge in [0.1, 0.15) is 11.9 Å². The molecule has 5 nitrogen and oxygen atoms in total. The summed E-state index contributed by atoms with van der Waals surface area (Å²) in [5.41, 5.74) is 2.98. The van der Waals surface area contributed by atoms with Crippen molar-refractivity contribution in [3.05, 3.63) is 95.3 Å². The molecule has 0 radical (unpaired) electrons. The first-order valence-electron chi connectivity index (χ1n) is 9.73. The number of benzene rings is 3. The summed E-state index contributed by atoms with van der Waals surface area (Å²) in [5, 5.41) is 10.1. The minimum atomic E-state index is -1.05. The Morgan fingerprint density at radius 3 is 2.55 bits per heavy atom. The van der Waals surface area contributed by atoms with Crippen molar-refractivity contribution in [2.75, 3.05) is 0 Å². The smallest absolute Gasteiger partial charge is 0.335 e. The molecule has 152 valence electrons. The number of aromatic nitrogens is 1. The normalized spacial score (nSPS) is 15.4. The lowest BCUT2D eigenvalue weighted by Gasteiger charge is -2.27. The second-order valence-corrected chi connectivity index (χ2v) is 7.36. The van der Waals surface area contributed by atoms with E-state index in [0.29, 0.717) is 27.8 Å². The topological polar surface area (TPSA) is 76.5 Å². The maximum absolute atomic E-state index is 13.3.